The zero-order chi connectivity index (χ0) is 17.3. The Morgan fingerprint density at radius 3 is 2.50 bits per heavy atom. The minimum Gasteiger partial charge on any atom is -0.471 e. The number of anilines is 1. The van der Waals surface area contributed by atoms with Gasteiger partial charge in [0.25, 0.3) is 6.43 Å². The number of hydrogen-bond acceptors (Lipinski definition) is 7. The molecule has 10 heteroatoms. The summed E-state index contributed by atoms with van der Waals surface area (Å²) in [6, 6.07) is 0.853. The van der Waals surface area contributed by atoms with E-state index in [4.69, 9.17) is 0 Å². The molecule has 1 N–H and O–H groups in total. The Kier molecular flexibility index (Phi) is 8.34. The summed E-state index contributed by atoms with van der Waals surface area (Å²) < 4.78 is 33.3. The summed E-state index contributed by atoms with van der Waals surface area (Å²) in [5, 5.41) is 13.3. The third-order valence-electron chi connectivity index (χ3n) is 2.15. The van der Waals surface area contributed by atoms with Gasteiger partial charge in [0.1, 0.15) is 5.56 Å². The standard InChI is InChI=1S/C10H11F2N3O5.C2H6/c1-13-8-6(15(17)18)3-5(10(16)19-2)9(14-8)20-4-7(11)12;1-2/h3,7H,4H2,1-2H3,(H,13,14);1-2H3. The van der Waals surface area contributed by atoms with Crippen LogP contribution in [0.4, 0.5) is 20.3 Å². The number of rotatable bonds is 6. The summed E-state index contributed by atoms with van der Waals surface area (Å²) in [4.78, 5) is 25.2. The number of alkyl halides is 2. The van der Waals surface area contributed by atoms with Gasteiger partial charge in [-0.25, -0.2) is 13.6 Å². The lowest BCUT2D eigenvalue weighted by Crippen LogP contribution is -2.14. The van der Waals surface area contributed by atoms with E-state index >= 15 is 0 Å². The molecule has 1 rings (SSSR count). The monoisotopic (exact) mass is 321 g/mol. The molecule has 0 unspecified atom stereocenters. The Balaban J connectivity index is 0.00000211. The average Bonchev–Trinajstić information content (AvgIpc) is 2.52. The number of aromatic nitrogens is 1. The first-order chi connectivity index (χ1) is 10.4. The van der Waals surface area contributed by atoms with Crippen LogP contribution in [0.15, 0.2) is 6.07 Å². The summed E-state index contributed by atoms with van der Waals surface area (Å²) >= 11 is 0. The highest BCUT2D eigenvalue weighted by Gasteiger charge is 2.25. The number of halogens is 2. The largest absolute Gasteiger partial charge is 0.471 e. The third-order valence-corrected chi connectivity index (χ3v) is 2.15. The number of nitrogens with zero attached hydrogens (tertiary/aromatic N) is 2. The fourth-order valence-electron chi connectivity index (χ4n) is 1.32. The molecule has 124 valence electrons. The number of carbonyl (C=O) groups excluding carboxylic acids is 1. The van der Waals surface area contributed by atoms with Gasteiger partial charge in [0.05, 0.1) is 12.0 Å². The number of carbonyl (C=O) groups is 1. The summed E-state index contributed by atoms with van der Waals surface area (Å²) in [5.41, 5.74) is -0.906. The maximum Gasteiger partial charge on any atom is 0.343 e. The Morgan fingerprint density at radius 1 is 1.50 bits per heavy atom. The van der Waals surface area contributed by atoms with Crippen LogP contribution in [0.1, 0.15) is 24.2 Å². The number of esters is 1. The SMILES string of the molecule is CC.CNc1nc(OCC(F)F)c(C(=O)OC)cc1[N+](=O)[O-]. The first kappa shape index (κ1) is 19.5. The highest BCUT2D eigenvalue weighted by molar-refractivity contribution is 5.93. The van der Waals surface area contributed by atoms with Crippen LogP contribution < -0.4 is 10.1 Å². The van der Waals surface area contributed by atoms with Crippen LogP contribution in [-0.2, 0) is 4.74 Å². The normalized spacial score (nSPS) is 9.59. The van der Waals surface area contributed by atoms with Crippen molar-refractivity contribution in [2.24, 2.45) is 0 Å². The molecule has 0 fully saturated rings. The van der Waals surface area contributed by atoms with E-state index < -0.39 is 41.1 Å². The second-order valence-electron chi connectivity index (χ2n) is 3.41. The molecule has 8 nitrogen and oxygen atoms in total. The lowest BCUT2D eigenvalue weighted by molar-refractivity contribution is -0.384. The van der Waals surface area contributed by atoms with E-state index in [-0.39, 0.29) is 5.82 Å². The average molecular weight is 321 g/mol. The number of ether oxygens (including phenoxy) is 2. The van der Waals surface area contributed by atoms with Gasteiger partial charge in [-0.1, -0.05) is 13.8 Å². The van der Waals surface area contributed by atoms with Gasteiger partial charge in [-0.15, -0.1) is 0 Å². The predicted octanol–water partition coefficient (Wildman–Crippen LogP) is 2.49. The van der Waals surface area contributed by atoms with Gasteiger partial charge < -0.3 is 14.8 Å². The maximum absolute atomic E-state index is 12.1. The van der Waals surface area contributed by atoms with Gasteiger partial charge >= 0.3 is 11.7 Å². The van der Waals surface area contributed by atoms with Crippen molar-refractivity contribution in [2.75, 3.05) is 26.1 Å². The highest BCUT2D eigenvalue weighted by Crippen LogP contribution is 2.29. The molecule has 0 saturated heterocycles. The van der Waals surface area contributed by atoms with Crippen LogP contribution in [0.25, 0.3) is 0 Å². The molecule has 0 amide bonds. The number of methoxy groups -OCH3 is 1. The van der Waals surface area contributed by atoms with Crippen molar-refractivity contribution in [3.05, 3.63) is 21.7 Å². The molecule has 0 aliphatic carbocycles. The number of pyridine rings is 1. The van der Waals surface area contributed by atoms with Gasteiger partial charge in [0.2, 0.25) is 11.7 Å². The molecular weight excluding hydrogens is 304 g/mol. The van der Waals surface area contributed by atoms with Crippen LogP contribution in [0, 0.1) is 10.1 Å². The van der Waals surface area contributed by atoms with Crippen LogP contribution >= 0.6 is 0 Å². The van der Waals surface area contributed by atoms with Crippen molar-refractivity contribution < 1.29 is 28.0 Å². The first-order valence-corrected chi connectivity index (χ1v) is 6.27. The number of nitro groups is 1. The molecule has 0 aromatic carbocycles. The summed E-state index contributed by atoms with van der Waals surface area (Å²) in [6.45, 7) is 3.00. The Hall–Kier alpha value is -2.52. The fourth-order valence-corrected chi connectivity index (χ4v) is 1.32. The maximum atomic E-state index is 12.1. The van der Waals surface area contributed by atoms with E-state index in [9.17, 15) is 23.7 Å². The van der Waals surface area contributed by atoms with Gasteiger partial charge in [-0.3, -0.25) is 10.1 Å². The van der Waals surface area contributed by atoms with Gasteiger partial charge in [-0.2, -0.15) is 4.98 Å². The van der Waals surface area contributed by atoms with Crippen molar-refractivity contribution in [1.29, 1.82) is 0 Å². The summed E-state index contributed by atoms with van der Waals surface area (Å²) in [5.74, 6) is -1.66. The molecule has 0 spiro atoms. The summed E-state index contributed by atoms with van der Waals surface area (Å²) in [6.07, 6.45) is -2.78. The van der Waals surface area contributed by atoms with Crippen LogP contribution in [-0.4, -0.2) is 43.1 Å². The molecule has 1 aromatic heterocycles. The lowest BCUT2D eigenvalue weighted by atomic mass is 10.2. The second kappa shape index (κ2) is 9.42. The Morgan fingerprint density at radius 2 is 2.09 bits per heavy atom. The van der Waals surface area contributed by atoms with Crippen molar-refractivity contribution >= 4 is 17.5 Å². The molecule has 0 radical (unpaired) electrons. The second-order valence-corrected chi connectivity index (χ2v) is 3.41. The molecule has 0 saturated carbocycles. The van der Waals surface area contributed by atoms with Gasteiger partial charge in [0.15, 0.2) is 6.61 Å². The topological polar surface area (TPSA) is 104 Å². The van der Waals surface area contributed by atoms with Crippen LogP contribution in [0.5, 0.6) is 5.88 Å². The predicted molar refractivity (Wildman–Crippen MR) is 74.6 cm³/mol. The van der Waals surface area contributed by atoms with E-state index in [0.29, 0.717) is 0 Å². The molecule has 0 aliphatic rings. The van der Waals surface area contributed by atoms with E-state index in [1.54, 1.807) is 0 Å². The van der Waals surface area contributed by atoms with Crippen LogP contribution in [0.2, 0.25) is 0 Å². The van der Waals surface area contributed by atoms with E-state index in [2.05, 4.69) is 19.8 Å². The van der Waals surface area contributed by atoms with E-state index in [1.807, 2.05) is 13.8 Å². The molecular formula is C12H17F2N3O5. The lowest BCUT2D eigenvalue weighted by Gasteiger charge is -2.10. The quantitative estimate of drug-likeness (QED) is 0.487. The molecule has 1 heterocycles. The first-order valence-electron chi connectivity index (χ1n) is 6.27. The Labute approximate surface area is 125 Å². The minimum atomic E-state index is -2.78. The third kappa shape index (κ3) is 5.11. The van der Waals surface area contributed by atoms with Crippen molar-refractivity contribution in [3.8, 4) is 5.88 Å². The van der Waals surface area contributed by atoms with Gasteiger partial charge in [0, 0.05) is 13.1 Å². The smallest absolute Gasteiger partial charge is 0.343 e. The van der Waals surface area contributed by atoms with E-state index in [1.165, 1.54) is 7.05 Å². The minimum absolute atomic E-state index is 0.216. The molecule has 0 aliphatic heterocycles. The van der Waals surface area contributed by atoms with Crippen molar-refractivity contribution in [2.45, 2.75) is 20.3 Å². The Bertz CT molecular complexity index is 526. The molecule has 1 aromatic rings. The highest BCUT2D eigenvalue weighted by atomic mass is 19.3. The molecule has 22 heavy (non-hydrogen) atoms. The zero-order valence-electron chi connectivity index (χ0n) is 12.6. The molecule has 0 atom stereocenters. The number of nitrogens with one attached hydrogen (secondary N) is 1. The van der Waals surface area contributed by atoms with Crippen molar-refractivity contribution in [1.82, 2.24) is 4.98 Å². The number of hydrogen-bond donors (Lipinski definition) is 1. The molecule has 0 bridgehead atoms. The zero-order valence-corrected chi connectivity index (χ0v) is 12.6. The van der Waals surface area contributed by atoms with Crippen LogP contribution in [0.3, 0.4) is 0 Å². The fraction of sp³-hybridized carbons (Fsp3) is 0.500. The van der Waals surface area contributed by atoms with Gasteiger partial charge in [-0.05, 0) is 0 Å². The van der Waals surface area contributed by atoms with Crippen molar-refractivity contribution in [3.63, 3.8) is 0 Å². The van der Waals surface area contributed by atoms with E-state index in [0.717, 1.165) is 13.2 Å². The summed E-state index contributed by atoms with van der Waals surface area (Å²) in [7, 11) is 2.39.